The van der Waals surface area contributed by atoms with E-state index in [1.807, 2.05) is 27.7 Å². The van der Waals surface area contributed by atoms with Crippen LogP contribution in [0.5, 0.6) is 5.75 Å². The Kier molecular flexibility index (Phi) is 7.90. The van der Waals surface area contributed by atoms with Gasteiger partial charge < -0.3 is 14.6 Å². The zero-order chi connectivity index (χ0) is 27.4. The van der Waals surface area contributed by atoms with E-state index in [0.717, 1.165) is 5.56 Å². The van der Waals surface area contributed by atoms with Gasteiger partial charge in [0, 0.05) is 23.6 Å². The number of aliphatic hydroxyl groups excluding tert-OH is 1. The summed E-state index contributed by atoms with van der Waals surface area (Å²) < 4.78 is 11.0. The number of amides is 1. The van der Waals surface area contributed by atoms with E-state index in [2.05, 4.69) is 4.98 Å². The average Bonchev–Trinajstić information content (AvgIpc) is 3.18. The summed E-state index contributed by atoms with van der Waals surface area (Å²) in [5, 5.41) is 11.4. The van der Waals surface area contributed by atoms with Gasteiger partial charge in [-0.25, -0.2) is 4.79 Å². The molecule has 1 aromatic heterocycles. The van der Waals surface area contributed by atoms with Crippen molar-refractivity contribution in [2.75, 3.05) is 11.5 Å². The summed E-state index contributed by atoms with van der Waals surface area (Å²) in [5.41, 5.74) is 2.39. The molecule has 2 aromatic carbocycles. The van der Waals surface area contributed by atoms with E-state index in [-0.39, 0.29) is 17.4 Å². The second-order valence-electron chi connectivity index (χ2n) is 9.29. The van der Waals surface area contributed by atoms with Crippen molar-refractivity contribution in [3.63, 3.8) is 0 Å². The SMILES string of the molecule is CCCOC(=O)c1ccc(N2C(=O)C(=O)/C(=C(\O)c3ccc(OC(C)C)c(C)c3)C2c2cccnc2)cc1. The van der Waals surface area contributed by atoms with Crippen molar-refractivity contribution in [2.45, 2.75) is 46.3 Å². The van der Waals surface area contributed by atoms with Crippen molar-refractivity contribution in [3.05, 3.63) is 94.8 Å². The van der Waals surface area contributed by atoms with Gasteiger partial charge in [0.05, 0.1) is 29.9 Å². The van der Waals surface area contributed by atoms with Crippen LogP contribution in [0.2, 0.25) is 0 Å². The number of benzene rings is 2. The molecule has 1 amide bonds. The maximum atomic E-state index is 13.4. The van der Waals surface area contributed by atoms with E-state index in [9.17, 15) is 19.5 Å². The quantitative estimate of drug-likeness (QED) is 0.186. The minimum absolute atomic E-state index is 0.0241. The van der Waals surface area contributed by atoms with Crippen LogP contribution in [0.1, 0.15) is 60.3 Å². The second kappa shape index (κ2) is 11.3. The molecule has 0 bridgehead atoms. The van der Waals surface area contributed by atoms with Gasteiger partial charge in [0.25, 0.3) is 11.7 Å². The maximum absolute atomic E-state index is 13.4. The number of carbonyl (C=O) groups excluding carboxylic acids is 3. The first-order valence-electron chi connectivity index (χ1n) is 12.5. The largest absolute Gasteiger partial charge is 0.507 e. The van der Waals surface area contributed by atoms with Gasteiger partial charge in [-0.15, -0.1) is 0 Å². The van der Waals surface area contributed by atoms with E-state index in [0.29, 0.717) is 41.2 Å². The first-order chi connectivity index (χ1) is 18.2. The monoisotopic (exact) mass is 514 g/mol. The summed E-state index contributed by atoms with van der Waals surface area (Å²) in [4.78, 5) is 44.4. The number of aryl methyl sites for hydroxylation is 1. The minimum atomic E-state index is -0.923. The molecule has 1 N–H and O–H groups in total. The fourth-order valence-corrected chi connectivity index (χ4v) is 4.33. The Morgan fingerprint density at radius 3 is 2.39 bits per heavy atom. The molecule has 0 aliphatic carbocycles. The van der Waals surface area contributed by atoms with Crippen LogP contribution in [0.3, 0.4) is 0 Å². The molecule has 1 atom stereocenters. The van der Waals surface area contributed by atoms with E-state index in [1.165, 1.54) is 4.90 Å². The first kappa shape index (κ1) is 26.6. The molecule has 3 aromatic rings. The Balaban J connectivity index is 1.79. The third-order valence-corrected chi connectivity index (χ3v) is 6.07. The van der Waals surface area contributed by atoms with Crippen LogP contribution in [0, 0.1) is 6.92 Å². The highest BCUT2D eigenvalue weighted by atomic mass is 16.5. The van der Waals surface area contributed by atoms with E-state index < -0.39 is 23.7 Å². The predicted octanol–water partition coefficient (Wildman–Crippen LogP) is 5.37. The minimum Gasteiger partial charge on any atom is -0.507 e. The van der Waals surface area contributed by atoms with Gasteiger partial charge in [-0.3, -0.25) is 19.5 Å². The summed E-state index contributed by atoms with van der Waals surface area (Å²) in [6.07, 6.45) is 3.82. The molecule has 1 fully saturated rings. The molecule has 196 valence electrons. The summed E-state index contributed by atoms with van der Waals surface area (Å²) in [5.74, 6) is -1.71. The van der Waals surface area contributed by atoms with E-state index in [4.69, 9.17) is 9.47 Å². The summed E-state index contributed by atoms with van der Waals surface area (Å²) in [6.45, 7) is 7.90. The number of aliphatic hydroxyl groups is 1. The summed E-state index contributed by atoms with van der Waals surface area (Å²) >= 11 is 0. The van der Waals surface area contributed by atoms with Gasteiger partial charge in [-0.05, 0) is 86.8 Å². The number of carbonyl (C=O) groups is 3. The van der Waals surface area contributed by atoms with Crippen molar-refractivity contribution in [1.82, 2.24) is 4.98 Å². The van der Waals surface area contributed by atoms with Gasteiger partial charge in [0.2, 0.25) is 0 Å². The number of esters is 1. The lowest BCUT2D eigenvalue weighted by atomic mass is 9.95. The van der Waals surface area contributed by atoms with Crippen molar-refractivity contribution in [2.24, 2.45) is 0 Å². The van der Waals surface area contributed by atoms with Gasteiger partial charge in [0.15, 0.2) is 0 Å². The van der Waals surface area contributed by atoms with Gasteiger partial charge >= 0.3 is 5.97 Å². The second-order valence-corrected chi connectivity index (χ2v) is 9.29. The van der Waals surface area contributed by atoms with Crippen LogP contribution in [-0.4, -0.2) is 40.5 Å². The first-order valence-corrected chi connectivity index (χ1v) is 12.5. The molecule has 0 spiro atoms. The molecule has 0 saturated carbocycles. The Morgan fingerprint density at radius 1 is 1.08 bits per heavy atom. The number of hydrogen-bond donors (Lipinski definition) is 1. The lowest BCUT2D eigenvalue weighted by Crippen LogP contribution is -2.29. The van der Waals surface area contributed by atoms with Gasteiger partial charge in [0.1, 0.15) is 11.5 Å². The van der Waals surface area contributed by atoms with Crippen LogP contribution in [0.4, 0.5) is 5.69 Å². The number of ketones is 1. The Hall–Kier alpha value is -4.46. The zero-order valence-corrected chi connectivity index (χ0v) is 21.8. The van der Waals surface area contributed by atoms with Crippen LogP contribution in [-0.2, 0) is 14.3 Å². The molecule has 38 heavy (non-hydrogen) atoms. The van der Waals surface area contributed by atoms with Crippen LogP contribution in [0.25, 0.3) is 5.76 Å². The Labute approximate surface area is 221 Å². The van der Waals surface area contributed by atoms with Crippen molar-refractivity contribution >= 4 is 29.1 Å². The highest BCUT2D eigenvalue weighted by molar-refractivity contribution is 6.51. The molecule has 1 aliphatic rings. The Bertz CT molecular complexity index is 1380. The number of anilines is 1. The molecule has 0 radical (unpaired) electrons. The molecule has 2 heterocycles. The molecular weight excluding hydrogens is 484 g/mol. The standard InChI is InChI=1S/C30H30N2O6/c1-5-15-37-30(36)20-8-11-23(12-9-20)32-26(22-7-6-14-31-17-22)25(28(34)29(32)35)27(33)21-10-13-24(19(4)16-21)38-18(2)3/h6-14,16-18,26,33H,5,15H2,1-4H3/b27-25-. The highest BCUT2D eigenvalue weighted by Gasteiger charge is 2.47. The number of hydrogen-bond acceptors (Lipinski definition) is 7. The molecule has 1 unspecified atom stereocenters. The smallest absolute Gasteiger partial charge is 0.338 e. The predicted molar refractivity (Wildman–Crippen MR) is 143 cm³/mol. The third-order valence-electron chi connectivity index (χ3n) is 6.07. The molecule has 1 saturated heterocycles. The number of ether oxygens (including phenoxy) is 2. The van der Waals surface area contributed by atoms with Crippen molar-refractivity contribution < 1.29 is 29.0 Å². The topological polar surface area (TPSA) is 106 Å². The number of pyridine rings is 1. The number of rotatable bonds is 8. The van der Waals surface area contributed by atoms with Gasteiger partial charge in [-0.1, -0.05) is 13.0 Å². The maximum Gasteiger partial charge on any atom is 0.338 e. The fraction of sp³-hybridized carbons (Fsp3) is 0.267. The molecule has 8 nitrogen and oxygen atoms in total. The molecular formula is C30H30N2O6. The number of aromatic nitrogens is 1. The average molecular weight is 515 g/mol. The van der Waals surface area contributed by atoms with E-state index in [1.54, 1.807) is 67.0 Å². The van der Waals surface area contributed by atoms with Crippen LogP contribution in [0.15, 0.2) is 72.6 Å². The molecule has 1 aliphatic heterocycles. The van der Waals surface area contributed by atoms with E-state index >= 15 is 0 Å². The fourth-order valence-electron chi connectivity index (χ4n) is 4.33. The van der Waals surface area contributed by atoms with Crippen molar-refractivity contribution in [1.29, 1.82) is 0 Å². The lowest BCUT2D eigenvalue weighted by molar-refractivity contribution is -0.132. The lowest BCUT2D eigenvalue weighted by Gasteiger charge is -2.25. The third kappa shape index (κ3) is 5.29. The van der Waals surface area contributed by atoms with Crippen LogP contribution >= 0.6 is 0 Å². The zero-order valence-electron chi connectivity index (χ0n) is 21.8. The number of nitrogens with zero attached hydrogens (tertiary/aromatic N) is 2. The van der Waals surface area contributed by atoms with Crippen LogP contribution < -0.4 is 9.64 Å². The normalized spacial score (nSPS) is 16.7. The highest BCUT2D eigenvalue weighted by Crippen LogP contribution is 2.42. The molecule has 4 rings (SSSR count). The van der Waals surface area contributed by atoms with Gasteiger partial charge in [-0.2, -0.15) is 0 Å². The summed E-state index contributed by atoms with van der Waals surface area (Å²) in [7, 11) is 0. The number of Topliss-reactive ketones (excluding diaryl/α,β-unsaturated/α-hetero) is 1. The van der Waals surface area contributed by atoms with Crippen molar-refractivity contribution in [3.8, 4) is 5.75 Å². The molecule has 8 heteroatoms. The summed E-state index contributed by atoms with van der Waals surface area (Å²) in [6, 6.07) is 13.9. The Morgan fingerprint density at radius 2 is 1.79 bits per heavy atom.